The van der Waals surface area contributed by atoms with E-state index >= 15 is 0 Å². The van der Waals surface area contributed by atoms with Crippen molar-refractivity contribution < 1.29 is 9.90 Å². The molecule has 0 radical (unpaired) electrons. The fourth-order valence-corrected chi connectivity index (χ4v) is 2.50. The van der Waals surface area contributed by atoms with Crippen molar-refractivity contribution in [3.8, 4) is 0 Å². The van der Waals surface area contributed by atoms with Crippen LogP contribution in [-0.2, 0) is 0 Å². The number of nitrogens with zero attached hydrogens (tertiary/aromatic N) is 3. The van der Waals surface area contributed by atoms with E-state index < -0.39 is 5.97 Å². The molecular weight excluding hydrogens is 230 g/mol. The molecule has 1 aliphatic heterocycles. The molecule has 0 spiro atoms. The molecule has 0 bridgehead atoms. The summed E-state index contributed by atoms with van der Waals surface area (Å²) in [7, 11) is 4.04. The molecule has 1 fully saturated rings. The fraction of sp³-hybridized carbons (Fsp3) is 0.538. The number of hydrogen-bond acceptors (Lipinski definition) is 4. The number of rotatable bonds is 4. The van der Waals surface area contributed by atoms with Crippen molar-refractivity contribution in [2.75, 3.05) is 32.1 Å². The first-order chi connectivity index (χ1) is 8.59. The lowest BCUT2D eigenvalue weighted by atomic mass is 10.1. The molecule has 18 heavy (non-hydrogen) atoms. The Morgan fingerprint density at radius 2 is 2.44 bits per heavy atom. The molecule has 2 heterocycles. The minimum atomic E-state index is -0.904. The lowest BCUT2D eigenvalue weighted by Crippen LogP contribution is -2.37. The van der Waals surface area contributed by atoms with Gasteiger partial charge < -0.3 is 14.9 Å². The van der Waals surface area contributed by atoms with E-state index in [0.29, 0.717) is 17.3 Å². The highest BCUT2D eigenvalue weighted by Crippen LogP contribution is 2.21. The summed E-state index contributed by atoms with van der Waals surface area (Å²) in [5.74, 6) is -0.904. The number of carbonyl (C=O) groups is 1. The maximum atomic E-state index is 11.2. The summed E-state index contributed by atoms with van der Waals surface area (Å²) in [6.45, 7) is 1.96. The molecule has 0 aliphatic carbocycles. The van der Waals surface area contributed by atoms with E-state index in [1.54, 1.807) is 12.3 Å². The van der Waals surface area contributed by atoms with Gasteiger partial charge in [0.25, 0.3) is 0 Å². The third kappa shape index (κ3) is 2.61. The lowest BCUT2D eigenvalue weighted by Gasteiger charge is -2.27. The molecule has 1 aromatic rings. The van der Waals surface area contributed by atoms with Crippen molar-refractivity contribution in [2.24, 2.45) is 0 Å². The summed E-state index contributed by atoms with van der Waals surface area (Å²) >= 11 is 0. The predicted molar refractivity (Wildman–Crippen MR) is 70.1 cm³/mol. The number of anilines is 1. The predicted octanol–water partition coefficient (Wildman–Crippen LogP) is 1.31. The smallest absolute Gasteiger partial charge is 0.337 e. The van der Waals surface area contributed by atoms with Crippen LogP contribution in [0.1, 0.15) is 23.2 Å². The van der Waals surface area contributed by atoms with E-state index in [9.17, 15) is 4.79 Å². The Balaban J connectivity index is 2.13. The molecule has 1 atom stereocenters. The molecule has 1 aromatic heterocycles. The van der Waals surface area contributed by atoms with Gasteiger partial charge in [-0.05, 0) is 32.5 Å². The number of aromatic carboxylic acids is 1. The number of hydrogen-bond donors (Lipinski definition) is 1. The molecule has 1 aliphatic rings. The van der Waals surface area contributed by atoms with Crippen molar-refractivity contribution in [2.45, 2.75) is 18.9 Å². The number of carboxylic acid groups (broad SMARTS) is 1. The van der Waals surface area contributed by atoms with E-state index in [2.05, 4.69) is 16.9 Å². The van der Waals surface area contributed by atoms with E-state index in [4.69, 9.17) is 5.11 Å². The quantitative estimate of drug-likeness (QED) is 0.872. The summed E-state index contributed by atoms with van der Waals surface area (Å²) in [6, 6.07) is 2.05. The minimum Gasteiger partial charge on any atom is -0.478 e. The summed E-state index contributed by atoms with van der Waals surface area (Å²) in [4.78, 5) is 19.5. The Bertz CT molecular complexity index is 436. The maximum absolute atomic E-state index is 11.2. The van der Waals surface area contributed by atoms with Crippen LogP contribution in [-0.4, -0.2) is 54.2 Å². The largest absolute Gasteiger partial charge is 0.478 e. The first-order valence-electron chi connectivity index (χ1n) is 6.18. The van der Waals surface area contributed by atoms with Crippen LogP contribution >= 0.6 is 0 Å². The van der Waals surface area contributed by atoms with Crippen molar-refractivity contribution in [3.05, 3.63) is 24.0 Å². The van der Waals surface area contributed by atoms with Crippen LogP contribution in [0, 0.1) is 0 Å². The Hall–Kier alpha value is -1.62. The van der Waals surface area contributed by atoms with Gasteiger partial charge in [0.05, 0.1) is 17.4 Å². The summed E-state index contributed by atoms with van der Waals surface area (Å²) < 4.78 is 0. The van der Waals surface area contributed by atoms with Gasteiger partial charge in [-0.25, -0.2) is 4.79 Å². The number of aromatic nitrogens is 1. The van der Waals surface area contributed by atoms with Crippen LogP contribution in [0.4, 0.5) is 5.69 Å². The molecule has 2 rings (SSSR count). The number of likely N-dealkylation sites (tertiary alicyclic amines) is 1. The molecule has 0 saturated carbocycles. The van der Waals surface area contributed by atoms with E-state index in [0.717, 1.165) is 13.1 Å². The lowest BCUT2D eigenvalue weighted by molar-refractivity contribution is 0.0697. The second-order valence-electron chi connectivity index (χ2n) is 4.86. The van der Waals surface area contributed by atoms with Gasteiger partial charge >= 0.3 is 5.97 Å². The van der Waals surface area contributed by atoms with Gasteiger partial charge in [-0.2, -0.15) is 0 Å². The second-order valence-corrected chi connectivity index (χ2v) is 4.86. The normalized spacial score (nSPS) is 20.0. The molecule has 98 valence electrons. The van der Waals surface area contributed by atoms with Gasteiger partial charge in [0.1, 0.15) is 0 Å². The van der Waals surface area contributed by atoms with Crippen molar-refractivity contribution in [1.29, 1.82) is 0 Å². The minimum absolute atomic E-state index is 0.313. The number of carboxylic acids is 1. The molecule has 5 heteroatoms. The highest BCUT2D eigenvalue weighted by molar-refractivity contribution is 5.94. The molecule has 0 aromatic carbocycles. The van der Waals surface area contributed by atoms with Crippen molar-refractivity contribution >= 4 is 11.7 Å². The Morgan fingerprint density at radius 1 is 1.67 bits per heavy atom. The third-order valence-corrected chi connectivity index (χ3v) is 3.60. The zero-order valence-corrected chi connectivity index (χ0v) is 10.8. The zero-order valence-electron chi connectivity index (χ0n) is 10.8. The number of pyridine rings is 1. The zero-order chi connectivity index (χ0) is 13.1. The van der Waals surface area contributed by atoms with Crippen LogP contribution < -0.4 is 4.90 Å². The first kappa shape index (κ1) is 12.8. The van der Waals surface area contributed by atoms with Gasteiger partial charge in [0.2, 0.25) is 0 Å². The maximum Gasteiger partial charge on any atom is 0.337 e. The fourth-order valence-electron chi connectivity index (χ4n) is 2.50. The van der Waals surface area contributed by atoms with Crippen LogP contribution in [0.15, 0.2) is 18.5 Å². The number of likely N-dealkylation sites (N-methyl/N-ethyl adjacent to an activating group) is 2. The van der Waals surface area contributed by atoms with Crippen LogP contribution in [0.25, 0.3) is 0 Å². The average Bonchev–Trinajstić information content (AvgIpc) is 2.75. The average molecular weight is 249 g/mol. The van der Waals surface area contributed by atoms with E-state index in [-0.39, 0.29) is 0 Å². The monoisotopic (exact) mass is 249 g/mol. The van der Waals surface area contributed by atoms with Gasteiger partial charge in [-0.3, -0.25) is 4.98 Å². The highest BCUT2D eigenvalue weighted by atomic mass is 16.4. The molecule has 1 saturated heterocycles. The molecule has 1 N–H and O–H groups in total. The molecule has 0 amide bonds. The van der Waals surface area contributed by atoms with Gasteiger partial charge in [0.15, 0.2) is 0 Å². The van der Waals surface area contributed by atoms with Gasteiger partial charge in [0, 0.05) is 25.8 Å². The third-order valence-electron chi connectivity index (χ3n) is 3.60. The Morgan fingerprint density at radius 3 is 3.06 bits per heavy atom. The summed E-state index contributed by atoms with van der Waals surface area (Å²) in [6.07, 6.45) is 5.53. The Labute approximate surface area is 107 Å². The van der Waals surface area contributed by atoms with E-state index in [1.807, 2.05) is 11.9 Å². The summed E-state index contributed by atoms with van der Waals surface area (Å²) in [5.41, 5.74) is 0.999. The Kier molecular flexibility index (Phi) is 3.81. The van der Waals surface area contributed by atoms with Crippen LogP contribution in [0.2, 0.25) is 0 Å². The van der Waals surface area contributed by atoms with Crippen LogP contribution in [0.3, 0.4) is 0 Å². The van der Waals surface area contributed by atoms with Gasteiger partial charge in [-0.15, -0.1) is 0 Å². The molecule has 5 nitrogen and oxygen atoms in total. The summed E-state index contributed by atoms with van der Waals surface area (Å²) in [5, 5.41) is 9.16. The molecular formula is C13H19N3O2. The SMILES string of the molecule is CN(CC1CCCN1C)c1cnccc1C(=O)O. The van der Waals surface area contributed by atoms with Gasteiger partial charge in [-0.1, -0.05) is 0 Å². The first-order valence-corrected chi connectivity index (χ1v) is 6.18. The topological polar surface area (TPSA) is 56.7 Å². The highest BCUT2D eigenvalue weighted by Gasteiger charge is 2.23. The van der Waals surface area contributed by atoms with E-state index in [1.165, 1.54) is 19.0 Å². The van der Waals surface area contributed by atoms with Crippen molar-refractivity contribution in [1.82, 2.24) is 9.88 Å². The standard InChI is InChI=1S/C13H19N3O2/c1-15-7-3-4-10(15)9-16(2)12-8-14-6-5-11(12)13(17)18/h5-6,8,10H,3-4,7,9H2,1-2H3,(H,17,18). The second kappa shape index (κ2) is 5.35. The van der Waals surface area contributed by atoms with Crippen LogP contribution in [0.5, 0.6) is 0 Å². The van der Waals surface area contributed by atoms with Crippen molar-refractivity contribution in [3.63, 3.8) is 0 Å². The molecule has 1 unspecified atom stereocenters.